The number of hydrogen-bond acceptors (Lipinski definition) is 3. The highest BCUT2D eigenvalue weighted by Gasteiger charge is 2.13. The first-order valence-corrected chi connectivity index (χ1v) is 4.86. The Morgan fingerprint density at radius 3 is 2.75 bits per heavy atom. The van der Waals surface area contributed by atoms with Crippen molar-refractivity contribution < 1.29 is 14.3 Å². The number of rotatable bonds is 4. The minimum atomic E-state index is -0.964. The van der Waals surface area contributed by atoms with E-state index in [1.165, 1.54) is 6.07 Å². The van der Waals surface area contributed by atoms with Crippen LogP contribution in [0.25, 0.3) is 0 Å². The van der Waals surface area contributed by atoms with Crippen LogP contribution in [-0.2, 0) is 6.54 Å². The number of carboxylic acid groups (broad SMARTS) is 1. The van der Waals surface area contributed by atoms with Crippen LogP contribution in [0.3, 0.4) is 0 Å². The van der Waals surface area contributed by atoms with E-state index in [1.54, 1.807) is 11.6 Å². The number of hydrogen-bond donors (Lipinski definition) is 2. The first-order valence-electron chi connectivity index (χ1n) is 4.86. The van der Waals surface area contributed by atoms with Gasteiger partial charge in [0.25, 0.3) is 0 Å². The zero-order valence-corrected chi connectivity index (χ0v) is 8.80. The summed E-state index contributed by atoms with van der Waals surface area (Å²) in [4.78, 5) is 10.8. The van der Waals surface area contributed by atoms with Crippen LogP contribution in [0.2, 0.25) is 0 Å². The Morgan fingerprint density at radius 2 is 2.19 bits per heavy atom. The van der Waals surface area contributed by atoms with E-state index in [0.29, 0.717) is 18.1 Å². The van der Waals surface area contributed by atoms with Gasteiger partial charge in [0.1, 0.15) is 17.1 Å². The summed E-state index contributed by atoms with van der Waals surface area (Å²) < 4.78 is 7.09. The number of aryl methyl sites for hydroxylation is 1. The second-order valence-electron chi connectivity index (χ2n) is 3.41. The van der Waals surface area contributed by atoms with E-state index in [0.717, 1.165) is 0 Å². The lowest BCUT2D eigenvalue weighted by molar-refractivity contribution is 0.0695. The summed E-state index contributed by atoms with van der Waals surface area (Å²) in [6, 6.07) is 5.32. The smallest absolute Gasteiger partial charge is 0.339 e. The van der Waals surface area contributed by atoms with Gasteiger partial charge in [-0.3, -0.25) is 4.68 Å². The summed E-state index contributed by atoms with van der Waals surface area (Å²) in [7, 11) is 0. The fourth-order valence-corrected chi connectivity index (χ4v) is 1.45. The van der Waals surface area contributed by atoms with Crippen molar-refractivity contribution in [1.29, 1.82) is 0 Å². The molecule has 16 heavy (non-hydrogen) atoms. The van der Waals surface area contributed by atoms with Crippen molar-refractivity contribution in [3.8, 4) is 0 Å². The molecule has 0 atom stereocenters. The largest absolute Gasteiger partial charge is 0.478 e. The maximum absolute atomic E-state index is 10.8. The number of nitrogens with one attached hydrogen (secondary N) is 1. The maximum atomic E-state index is 10.8. The lowest BCUT2D eigenvalue weighted by Crippen LogP contribution is -2.11. The zero-order chi connectivity index (χ0) is 11.5. The molecule has 2 aromatic heterocycles. The number of carbonyl (C=O) groups is 1. The highest BCUT2D eigenvalue weighted by atomic mass is 16.4. The van der Waals surface area contributed by atoms with Gasteiger partial charge < -0.3 is 14.9 Å². The molecule has 0 spiro atoms. The molecule has 0 unspecified atom stereocenters. The normalized spacial score (nSPS) is 10.3. The lowest BCUT2D eigenvalue weighted by Gasteiger charge is -2.04. The molecule has 0 aliphatic heterocycles. The van der Waals surface area contributed by atoms with Gasteiger partial charge in [-0.05, 0) is 25.1 Å². The molecule has 0 bridgehead atoms. The van der Waals surface area contributed by atoms with Crippen molar-refractivity contribution in [2.24, 2.45) is 0 Å². The van der Waals surface area contributed by atoms with Crippen LogP contribution >= 0.6 is 0 Å². The highest BCUT2D eigenvalue weighted by Crippen LogP contribution is 2.14. The molecule has 0 saturated heterocycles. The third-order valence-corrected chi connectivity index (χ3v) is 2.24. The quantitative estimate of drug-likeness (QED) is 0.824. The van der Waals surface area contributed by atoms with Crippen molar-refractivity contribution in [2.75, 3.05) is 5.43 Å². The third kappa shape index (κ3) is 2.08. The van der Waals surface area contributed by atoms with Crippen LogP contribution in [0, 0.1) is 6.92 Å². The molecular weight excluding hydrogens is 208 g/mol. The summed E-state index contributed by atoms with van der Waals surface area (Å²) >= 11 is 0. The Balaban J connectivity index is 2.05. The third-order valence-electron chi connectivity index (χ3n) is 2.24. The van der Waals surface area contributed by atoms with Crippen molar-refractivity contribution in [3.63, 3.8) is 0 Å². The maximum Gasteiger partial charge on any atom is 0.339 e. The molecule has 0 fully saturated rings. The van der Waals surface area contributed by atoms with Gasteiger partial charge in [0.05, 0.1) is 6.54 Å². The zero-order valence-electron chi connectivity index (χ0n) is 8.80. The van der Waals surface area contributed by atoms with E-state index in [9.17, 15) is 4.79 Å². The first-order chi connectivity index (χ1) is 7.66. The van der Waals surface area contributed by atoms with E-state index in [1.807, 2.05) is 24.5 Å². The molecule has 84 valence electrons. The molecule has 0 aromatic carbocycles. The van der Waals surface area contributed by atoms with Crippen LogP contribution in [0.1, 0.15) is 21.9 Å². The molecule has 0 aliphatic carbocycles. The van der Waals surface area contributed by atoms with Crippen LogP contribution in [0.5, 0.6) is 0 Å². The molecule has 5 nitrogen and oxygen atoms in total. The number of aromatic carboxylic acids is 1. The fraction of sp³-hybridized carbons (Fsp3) is 0.182. The number of nitrogens with zero attached hydrogens (tertiary/aromatic N) is 1. The van der Waals surface area contributed by atoms with Crippen molar-refractivity contribution in [2.45, 2.75) is 13.5 Å². The molecule has 0 aliphatic rings. The summed E-state index contributed by atoms with van der Waals surface area (Å²) in [6.07, 6.45) is 3.71. The predicted molar refractivity (Wildman–Crippen MR) is 57.9 cm³/mol. The Kier molecular flexibility index (Phi) is 2.68. The first kappa shape index (κ1) is 10.4. The Morgan fingerprint density at radius 1 is 1.50 bits per heavy atom. The lowest BCUT2D eigenvalue weighted by atomic mass is 10.2. The standard InChI is InChI=1S/C11H12N2O3/c1-8-10(11(14)15)6-9(16-8)7-12-13-4-2-3-5-13/h2-6,12H,7H2,1H3,(H,14,15). The molecular formula is C11H12N2O3. The van der Waals surface area contributed by atoms with E-state index in [4.69, 9.17) is 9.52 Å². The van der Waals surface area contributed by atoms with Gasteiger partial charge in [-0.25, -0.2) is 4.79 Å². The van der Waals surface area contributed by atoms with Crippen LogP contribution in [-0.4, -0.2) is 15.8 Å². The van der Waals surface area contributed by atoms with Gasteiger partial charge in [-0.15, -0.1) is 0 Å². The average molecular weight is 220 g/mol. The van der Waals surface area contributed by atoms with Crippen molar-refractivity contribution in [1.82, 2.24) is 4.68 Å². The molecule has 0 amide bonds. The number of furan rings is 1. The SMILES string of the molecule is Cc1oc(CNn2cccc2)cc1C(=O)O. The van der Waals surface area contributed by atoms with Gasteiger partial charge >= 0.3 is 5.97 Å². The summed E-state index contributed by atoms with van der Waals surface area (Å²) in [5.41, 5.74) is 3.26. The molecule has 0 radical (unpaired) electrons. The Bertz CT molecular complexity index is 485. The summed E-state index contributed by atoms with van der Waals surface area (Å²) in [5.74, 6) is 0.0638. The molecule has 0 saturated carbocycles. The van der Waals surface area contributed by atoms with Crippen molar-refractivity contribution >= 4 is 5.97 Å². The van der Waals surface area contributed by atoms with Crippen LogP contribution < -0.4 is 5.43 Å². The summed E-state index contributed by atoms with van der Waals surface area (Å²) in [6.45, 7) is 2.09. The highest BCUT2D eigenvalue weighted by molar-refractivity contribution is 5.88. The van der Waals surface area contributed by atoms with E-state index in [-0.39, 0.29) is 5.56 Å². The van der Waals surface area contributed by atoms with Gasteiger partial charge in [-0.1, -0.05) is 0 Å². The minimum Gasteiger partial charge on any atom is -0.478 e. The van der Waals surface area contributed by atoms with Crippen molar-refractivity contribution in [3.05, 3.63) is 47.7 Å². The number of aromatic nitrogens is 1. The average Bonchev–Trinajstić information content (AvgIpc) is 2.83. The van der Waals surface area contributed by atoms with E-state index in [2.05, 4.69) is 5.43 Å². The second-order valence-corrected chi connectivity index (χ2v) is 3.41. The fourth-order valence-electron chi connectivity index (χ4n) is 1.45. The molecule has 2 N–H and O–H groups in total. The monoisotopic (exact) mass is 220 g/mol. The van der Waals surface area contributed by atoms with Gasteiger partial charge in [0.2, 0.25) is 0 Å². The van der Waals surface area contributed by atoms with Crippen LogP contribution in [0.15, 0.2) is 35.0 Å². The number of carboxylic acids is 1. The summed E-state index contributed by atoms with van der Waals surface area (Å²) in [5, 5.41) is 8.85. The molecule has 2 rings (SSSR count). The van der Waals surface area contributed by atoms with E-state index < -0.39 is 5.97 Å². The predicted octanol–water partition coefficient (Wildman–Crippen LogP) is 1.83. The minimum absolute atomic E-state index is 0.212. The second kappa shape index (κ2) is 4.14. The molecule has 2 heterocycles. The Labute approximate surface area is 92.3 Å². The molecule has 5 heteroatoms. The molecule has 2 aromatic rings. The van der Waals surface area contributed by atoms with E-state index >= 15 is 0 Å². The van der Waals surface area contributed by atoms with Crippen LogP contribution in [0.4, 0.5) is 0 Å². The van der Waals surface area contributed by atoms with Gasteiger partial charge in [0, 0.05) is 12.4 Å². The Hall–Kier alpha value is -2.17. The van der Waals surface area contributed by atoms with Gasteiger partial charge in [0.15, 0.2) is 0 Å². The topological polar surface area (TPSA) is 67.4 Å². The van der Waals surface area contributed by atoms with Gasteiger partial charge in [-0.2, -0.15) is 0 Å².